The van der Waals surface area contributed by atoms with E-state index in [9.17, 15) is 13.2 Å². The van der Waals surface area contributed by atoms with Crippen molar-refractivity contribution in [2.45, 2.75) is 11.8 Å². The van der Waals surface area contributed by atoms with Crippen molar-refractivity contribution >= 4 is 27.3 Å². The number of methoxy groups -OCH3 is 1. The fourth-order valence-electron chi connectivity index (χ4n) is 3.33. The average Bonchev–Trinajstić information content (AvgIpc) is 3.27. The molecule has 1 amide bonds. The Morgan fingerprint density at radius 1 is 0.970 bits per heavy atom. The Bertz CT molecular complexity index is 1380. The van der Waals surface area contributed by atoms with Gasteiger partial charge in [-0.3, -0.25) is 9.52 Å². The number of hydrogen-bond donors (Lipinski definition) is 2. The van der Waals surface area contributed by atoms with Crippen LogP contribution in [0.2, 0.25) is 0 Å². The number of amides is 1. The highest BCUT2D eigenvalue weighted by Crippen LogP contribution is 2.33. The maximum absolute atomic E-state index is 13.5. The monoisotopic (exact) mass is 462 g/mol. The van der Waals surface area contributed by atoms with Gasteiger partial charge in [-0.15, -0.1) is 0 Å². The second kappa shape index (κ2) is 9.17. The van der Waals surface area contributed by atoms with Crippen LogP contribution >= 0.6 is 0 Å². The number of para-hydroxylation sites is 1. The molecule has 2 N–H and O–H groups in total. The molecular formula is C24H22N4O4S. The first-order valence-corrected chi connectivity index (χ1v) is 11.5. The molecule has 33 heavy (non-hydrogen) atoms. The molecule has 0 aliphatic rings. The summed E-state index contributed by atoms with van der Waals surface area (Å²) in [6.45, 7) is 1.37. The Labute approximate surface area is 191 Å². The lowest BCUT2D eigenvalue weighted by atomic mass is 10.2. The number of nitrogens with one attached hydrogen (secondary N) is 2. The summed E-state index contributed by atoms with van der Waals surface area (Å²) < 4.78 is 36.5. The van der Waals surface area contributed by atoms with Crippen molar-refractivity contribution in [3.8, 4) is 22.7 Å². The second-order valence-corrected chi connectivity index (χ2v) is 8.84. The van der Waals surface area contributed by atoms with Crippen molar-refractivity contribution in [2.75, 3.05) is 17.1 Å². The topological polar surface area (TPSA) is 102 Å². The van der Waals surface area contributed by atoms with Crippen LogP contribution in [0.25, 0.3) is 16.9 Å². The molecule has 4 aromatic rings. The molecule has 168 valence electrons. The smallest absolute Gasteiger partial charge is 0.265 e. The van der Waals surface area contributed by atoms with Gasteiger partial charge in [0.1, 0.15) is 16.3 Å². The van der Waals surface area contributed by atoms with Crippen LogP contribution in [0, 0.1) is 0 Å². The van der Waals surface area contributed by atoms with Crippen LogP contribution < -0.4 is 14.8 Å². The summed E-state index contributed by atoms with van der Waals surface area (Å²) >= 11 is 0. The quantitative estimate of drug-likeness (QED) is 0.426. The zero-order valence-corrected chi connectivity index (χ0v) is 18.8. The van der Waals surface area contributed by atoms with E-state index in [-0.39, 0.29) is 16.5 Å². The first-order valence-electron chi connectivity index (χ1n) is 10.1. The first kappa shape index (κ1) is 22.1. The van der Waals surface area contributed by atoms with Crippen molar-refractivity contribution in [2.24, 2.45) is 0 Å². The fourth-order valence-corrected chi connectivity index (χ4v) is 4.54. The van der Waals surface area contributed by atoms with E-state index >= 15 is 0 Å². The Hall–Kier alpha value is -4.11. The van der Waals surface area contributed by atoms with E-state index in [0.29, 0.717) is 22.7 Å². The summed E-state index contributed by atoms with van der Waals surface area (Å²) in [5.41, 5.74) is 2.32. The highest BCUT2D eigenvalue weighted by atomic mass is 32.2. The van der Waals surface area contributed by atoms with Gasteiger partial charge in [-0.2, -0.15) is 5.10 Å². The number of anilines is 2. The molecular weight excluding hydrogens is 440 g/mol. The summed E-state index contributed by atoms with van der Waals surface area (Å²) in [6.07, 6.45) is 1.48. The van der Waals surface area contributed by atoms with E-state index in [2.05, 4.69) is 15.1 Å². The summed E-state index contributed by atoms with van der Waals surface area (Å²) in [4.78, 5) is 11.4. The first-order chi connectivity index (χ1) is 15.9. The Morgan fingerprint density at radius 2 is 1.64 bits per heavy atom. The van der Waals surface area contributed by atoms with E-state index in [1.54, 1.807) is 24.3 Å². The molecule has 4 rings (SSSR count). The van der Waals surface area contributed by atoms with E-state index in [4.69, 9.17) is 4.74 Å². The maximum Gasteiger partial charge on any atom is 0.265 e. The Balaban J connectivity index is 1.81. The molecule has 0 fully saturated rings. The molecule has 8 nitrogen and oxygen atoms in total. The molecule has 0 saturated carbocycles. The number of hydrogen-bond acceptors (Lipinski definition) is 5. The van der Waals surface area contributed by atoms with E-state index in [1.165, 1.54) is 31.0 Å². The van der Waals surface area contributed by atoms with Crippen LogP contribution in [-0.2, 0) is 14.8 Å². The molecule has 0 spiro atoms. The number of ether oxygens (including phenoxy) is 1. The molecule has 0 radical (unpaired) electrons. The molecule has 1 aromatic heterocycles. The maximum atomic E-state index is 13.5. The lowest BCUT2D eigenvalue weighted by Gasteiger charge is -2.13. The van der Waals surface area contributed by atoms with Crippen molar-refractivity contribution < 1.29 is 17.9 Å². The lowest BCUT2D eigenvalue weighted by molar-refractivity contribution is -0.114. The molecule has 0 bridgehead atoms. The van der Waals surface area contributed by atoms with Crippen LogP contribution in [0.4, 0.5) is 11.4 Å². The van der Waals surface area contributed by atoms with Gasteiger partial charge in [-0.1, -0.05) is 48.5 Å². The van der Waals surface area contributed by atoms with Gasteiger partial charge in [0.05, 0.1) is 24.7 Å². The van der Waals surface area contributed by atoms with E-state index in [0.717, 1.165) is 5.69 Å². The largest absolute Gasteiger partial charge is 0.495 e. The van der Waals surface area contributed by atoms with E-state index < -0.39 is 10.0 Å². The number of benzene rings is 3. The number of aromatic nitrogens is 2. The summed E-state index contributed by atoms with van der Waals surface area (Å²) in [5.74, 6) is 0.0360. The summed E-state index contributed by atoms with van der Waals surface area (Å²) in [7, 11) is -2.64. The Morgan fingerprint density at radius 3 is 2.27 bits per heavy atom. The molecule has 0 unspecified atom stereocenters. The SMILES string of the molecule is COc1ccc(NC(C)=O)cc1NS(=O)(=O)c1cn(-c2ccccc2)nc1-c1ccccc1. The number of rotatable bonds is 7. The molecule has 9 heteroatoms. The third kappa shape index (κ3) is 4.88. The Kier molecular flexibility index (Phi) is 6.14. The average molecular weight is 463 g/mol. The van der Waals surface area contributed by atoms with Gasteiger partial charge < -0.3 is 10.1 Å². The van der Waals surface area contributed by atoms with Crippen LogP contribution in [0.3, 0.4) is 0 Å². The predicted octanol–water partition coefficient (Wildman–Crippen LogP) is 4.31. The molecule has 0 atom stereocenters. The molecule has 3 aromatic carbocycles. The summed E-state index contributed by atoms with van der Waals surface area (Å²) in [5, 5.41) is 7.21. The second-order valence-electron chi connectivity index (χ2n) is 7.19. The van der Waals surface area contributed by atoms with Crippen molar-refractivity contribution in [1.29, 1.82) is 0 Å². The third-order valence-corrected chi connectivity index (χ3v) is 6.17. The minimum atomic E-state index is -4.08. The van der Waals surface area contributed by atoms with Gasteiger partial charge in [-0.05, 0) is 30.3 Å². The number of sulfonamides is 1. The fraction of sp³-hybridized carbons (Fsp3) is 0.0833. The van der Waals surface area contributed by atoms with Crippen LogP contribution in [0.1, 0.15) is 6.92 Å². The van der Waals surface area contributed by atoms with Gasteiger partial charge in [0, 0.05) is 18.2 Å². The number of carbonyl (C=O) groups is 1. The van der Waals surface area contributed by atoms with E-state index in [1.807, 2.05) is 48.5 Å². The van der Waals surface area contributed by atoms with Gasteiger partial charge in [-0.25, -0.2) is 13.1 Å². The van der Waals surface area contributed by atoms with Crippen LogP contribution in [-0.4, -0.2) is 31.2 Å². The van der Waals surface area contributed by atoms with Gasteiger partial charge >= 0.3 is 0 Å². The zero-order chi connectivity index (χ0) is 23.4. The van der Waals surface area contributed by atoms with Crippen LogP contribution in [0.15, 0.2) is 90.0 Å². The third-order valence-electron chi connectivity index (χ3n) is 4.80. The molecule has 0 saturated heterocycles. The zero-order valence-electron chi connectivity index (χ0n) is 18.0. The molecule has 0 aliphatic heterocycles. The highest BCUT2D eigenvalue weighted by Gasteiger charge is 2.25. The highest BCUT2D eigenvalue weighted by molar-refractivity contribution is 7.92. The molecule has 1 heterocycles. The standard InChI is InChI=1S/C24H22N4O4S/c1-17(29)25-19-13-14-22(32-2)21(15-19)27-33(30,31)23-16-28(20-11-7-4-8-12-20)26-24(23)18-9-5-3-6-10-18/h3-16,27H,1-2H3,(H,25,29). The predicted molar refractivity (Wildman–Crippen MR) is 127 cm³/mol. The molecule has 0 aliphatic carbocycles. The van der Waals surface area contributed by atoms with Crippen molar-refractivity contribution in [1.82, 2.24) is 9.78 Å². The lowest BCUT2D eigenvalue weighted by Crippen LogP contribution is -2.15. The van der Waals surface area contributed by atoms with Gasteiger partial charge in [0.2, 0.25) is 5.91 Å². The van der Waals surface area contributed by atoms with Crippen molar-refractivity contribution in [3.63, 3.8) is 0 Å². The van der Waals surface area contributed by atoms with Gasteiger partial charge in [0.25, 0.3) is 10.0 Å². The van der Waals surface area contributed by atoms with Crippen molar-refractivity contribution in [3.05, 3.63) is 85.1 Å². The number of nitrogens with zero attached hydrogens (tertiary/aromatic N) is 2. The van der Waals surface area contributed by atoms with Gasteiger partial charge in [0.15, 0.2) is 0 Å². The number of carbonyl (C=O) groups excluding carboxylic acids is 1. The normalized spacial score (nSPS) is 11.1. The summed E-state index contributed by atoms with van der Waals surface area (Å²) in [6, 6.07) is 23.0. The minimum absolute atomic E-state index is 0.00420. The minimum Gasteiger partial charge on any atom is -0.495 e. The van der Waals surface area contributed by atoms with Crippen LogP contribution in [0.5, 0.6) is 5.75 Å².